The van der Waals surface area contributed by atoms with Gasteiger partial charge in [-0.15, -0.1) is 0 Å². The van der Waals surface area contributed by atoms with E-state index < -0.39 is 69.9 Å². The molecule has 0 aliphatic heterocycles. The van der Waals surface area contributed by atoms with E-state index in [9.17, 15) is 34.1 Å². The maximum atomic E-state index is 12.6. The number of phosphoric ester groups is 1. The molecule has 0 amide bonds. The quantitative estimate of drug-likeness (QED) is 0.0129. The smallest absolute Gasteiger partial charge is 0.472 e. The van der Waals surface area contributed by atoms with Crippen molar-refractivity contribution in [3.05, 3.63) is 97.2 Å². The van der Waals surface area contributed by atoms with Crippen LogP contribution in [0.4, 0.5) is 0 Å². The lowest BCUT2D eigenvalue weighted by Crippen LogP contribution is -2.34. The molecular formula is C46H74NO12P. The molecule has 0 bridgehead atoms. The molecule has 6 N–H and O–H groups in total. The van der Waals surface area contributed by atoms with Gasteiger partial charge < -0.3 is 35.4 Å². The van der Waals surface area contributed by atoms with Gasteiger partial charge in [0.15, 0.2) is 6.10 Å². The fourth-order valence-electron chi connectivity index (χ4n) is 5.07. The second-order valence-corrected chi connectivity index (χ2v) is 15.6. The molecule has 0 saturated carbocycles. The van der Waals surface area contributed by atoms with Crippen molar-refractivity contribution in [1.29, 1.82) is 0 Å². The number of allylic oxidation sites excluding steroid dienone is 12. The Bertz CT molecular complexity index is 1420. The molecule has 0 fully saturated rings. The molecule has 1 unspecified atom stereocenters. The van der Waals surface area contributed by atoms with Gasteiger partial charge in [-0.05, 0) is 70.6 Å². The summed E-state index contributed by atoms with van der Waals surface area (Å²) >= 11 is 0. The monoisotopic (exact) mass is 863 g/mol. The van der Waals surface area contributed by atoms with Gasteiger partial charge in [-0.1, -0.05) is 143 Å². The number of nitrogens with two attached hydrogens (primary N) is 1. The van der Waals surface area contributed by atoms with Gasteiger partial charge in [-0.2, -0.15) is 0 Å². The molecule has 0 aromatic carbocycles. The number of aliphatic hydroxyl groups excluding tert-OH is 2. The highest BCUT2D eigenvalue weighted by Gasteiger charge is 2.28. The minimum absolute atomic E-state index is 0.0265. The first-order valence-electron chi connectivity index (χ1n) is 21.5. The van der Waals surface area contributed by atoms with Crippen LogP contribution in [0.1, 0.15) is 129 Å². The lowest BCUT2D eigenvalue weighted by molar-refractivity contribution is -0.161. The first kappa shape index (κ1) is 56.3. The van der Waals surface area contributed by atoms with Crippen LogP contribution in [-0.4, -0.2) is 82.3 Å². The van der Waals surface area contributed by atoms with E-state index in [1.165, 1.54) is 19.3 Å². The number of phosphoric acid groups is 1. The summed E-state index contributed by atoms with van der Waals surface area (Å²) in [6, 6.07) is -1.56. The number of carbonyl (C=O) groups excluding carboxylic acids is 2. The Labute approximate surface area is 359 Å². The fourth-order valence-corrected chi connectivity index (χ4v) is 5.85. The second-order valence-electron chi connectivity index (χ2n) is 14.1. The number of carbonyl (C=O) groups is 3. The molecule has 0 heterocycles. The third-order valence-corrected chi connectivity index (χ3v) is 9.44. The maximum absolute atomic E-state index is 12.6. The summed E-state index contributed by atoms with van der Waals surface area (Å²) in [4.78, 5) is 45.9. The predicted octanol–water partition coefficient (Wildman–Crippen LogP) is 9.22. The molecule has 0 aromatic heterocycles. The average molecular weight is 864 g/mol. The first-order chi connectivity index (χ1) is 28.9. The summed E-state index contributed by atoms with van der Waals surface area (Å²) in [5.41, 5.74) is 5.32. The summed E-state index contributed by atoms with van der Waals surface area (Å²) in [7, 11) is -4.77. The van der Waals surface area contributed by atoms with Crippen molar-refractivity contribution in [2.75, 3.05) is 19.8 Å². The lowest BCUT2D eigenvalue weighted by atomic mass is 10.1. The molecule has 14 heteroatoms. The number of unbranched alkanes of at least 4 members (excludes halogenated alkanes) is 9. The van der Waals surface area contributed by atoms with E-state index in [0.29, 0.717) is 32.1 Å². The average Bonchev–Trinajstić information content (AvgIpc) is 3.21. The van der Waals surface area contributed by atoms with Crippen LogP contribution in [0.25, 0.3) is 0 Å². The van der Waals surface area contributed by atoms with Crippen molar-refractivity contribution in [3.63, 3.8) is 0 Å². The van der Waals surface area contributed by atoms with E-state index in [4.69, 9.17) is 24.8 Å². The highest BCUT2D eigenvalue weighted by atomic mass is 31.2. The van der Waals surface area contributed by atoms with E-state index in [1.54, 1.807) is 30.4 Å². The minimum Gasteiger partial charge on any atom is -0.480 e. The Hall–Kier alpha value is -3.68. The van der Waals surface area contributed by atoms with Crippen molar-refractivity contribution in [2.24, 2.45) is 5.73 Å². The molecule has 0 aromatic rings. The van der Waals surface area contributed by atoms with Gasteiger partial charge in [-0.25, -0.2) is 4.57 Å². The van der Waals surface area contributed by atoms with Gasteiger partial charge in [-0.3, -0.25) is 23.4 Å². The lowest BCUT2D eigenvalue weighted by Gasteiger charge is -2.20. The zero-order valence-electron chi connectivity index (χ0n) is 36.0. The Balaban J connectivity index is 4.66. The molecule has 0 rings (SSSR count). The van der Waals surface area contributed by atoms with E-state index in [1.807, 2.05) is 49.5 Å². The molecule has 0 spiro atoms. The summed E-state index contributed by atoms with van der Waals surface area (Å²) < 4.78 is 32.5. The summed E-state index contributed by atoms with van der Waals surface area (Å²) in [5, 5.41) is 28.9. The van der Waals surface area contributed by atoms with E-state index in [-0.39, 0.29) is 12.8 Å². The number of aliphatic hydroxyl groups is 2. The van der Waals surface area contributed by atoms with Gasteiger partial charge in [0.05, 0.1) is 25.4 Å². The molecule has 0 radical (unpaired) electrons. The standard InChI is InChI=1S/C46H74NO12P/c1-3-5-7-8-9-10-11-12-13-14-15-16-20-23-29-36-45(51)59-42(38-57-60(54,55)58-39-43(47)46(52)53)37-56-44(50)35-30-24-28-34-41(49)33-27-22-19-17-18-21-26-32-40(48)31-25-6-4-2/h6,9-10,12-13,18-19,21-22,25-28,32-34,40-43,48-49H,3-5,7-8,11,14-17,20,23-24,29-31,35-39,47H2,1-2H3,(H,52,53)(H,54,55)/b10-9-,13-12-,21-18-,22-19-,25-6-,32-26+,33-27+,34-28-/t40-,41-,42-,43+/m1/s1. The highest BCUT2D eigenvalue weighted by Crippen LogP contribution is 2.43. The van der Waals surface area contributed by atoms with Crippen molar-refractivity contribution in [2.45, 2.75) is 154 Å². The van der Waals surface area contributed by atoms with Crippen molar-refractivity contribution in [3.8, 4) is 0 Å². The number of hydrogen-bond acceptors (Lipinski definition) is 11. The highest BCUT2D eigenvalue weighted by molar-refractivity contribution is 7.47. The molecular weight excluding hydrogens is 789 g/mol. The zero-order chi connectivity index (χ0) is 44.5. The van der Waals surface area contributed by atoms with Crippen LogP contribution >= 0.6 is 7.82 Å². The number of esters is 2. The molecule has 0 aliphatic carbocycles. The number of carboxylic acids is 1. The zero-order valence-corrected chi connectivity index (χ0v) is 36.9. The van der Waals surface area contributed by atoms with E-state index >= 15 is 0 Å². The SMILES string of the molecule is CC/C=C\C[C@@H](O)/C=C/C=C\C/C=C\C=C\[C@@H](O)/C=C\CCCC(=O)OC[C@H](COP(=O)(O)OC[C@H](N)C(=O)O)OC(=O)CCCCCCC/C=C\C/C=C\CCCCC. The second kappa shape index (κ2) is 39.5. The Kier molecular flexibility index (Phi) is 37.0. The van der Waals surface area contributed by atoms with Crippen LogP contribution in [0.2, 0.25) is 0 Å². The molecule has 0 saturated heterocycles. The van der Waals surface area contributed by atoms with Crippen LogP contribution in [0.5, 0.6) is 0 Å². The Morgan fingerprint density at radius 1 is 0.633 bits per heavy atom. The van der Waals surface area contributed by atoms with Crippen LogP contribution in [0.15, 0.2) is 97.2 Å². The topological polar surface area (TPSA) is 212 Å². The molecule has 60 heavy (non-hydrogen) atoms. The molecule has 0 aliphatic rings. The largest absolute Gasteiger partial charge is 0.480 e. The third kappa shape index (κ3) is 38.5. The molecule has 340 valence electrons. The predicted molar refractivity (Wildman–Crippen MR) is 238 cm³/mol. The van der Waals surface area contributed by atoms with Crippen LogP contribution in [-0.2, 0) is 37.5 Å². The van der Waals surface area contributed by atoms with Gasteiger partial charge in [0.1, 0.15) is 12.6 Å². The Morgan fingerprint density at radius 3 is 1.92 bits per heavy atom. The summed E-state index contributed by atoms with van der Waals surface area (Å²) in [6.45, 7) is 2.35. The number of aliphatic carboxylic acids is 1. The molecule has 5 atom stereocenters. The van der Waals surface area contributed by atoms with Crippen LogP contribution in [0, 0.1) is 0 Å². The normalized spacial score (nSPS) is 15.7. The van der Waals surface area contributed by atoms with Gasteiger partial charge in [0.25, 0.3) is 0 Å². The first-order valence-corrected chi connectivity index (χ1v) is 23.0. The van der Waals surface area contributed by atoms with E-state index in [0.717, 1.165) is 51.4 Å². The number of carboxylic acid groups (broad SMARTS) is 1. The third-order valence-electron chi connectivity index (χ3n) is 8.49. The summed E-state index contributed by atoms with van der Waals surface area (Å²) in [6.07, 6.45) is 42.6. The van der Waals surface area contributed by atoms with Crippen molar-refractivity contribution >= 4 is 25.7 Å². The van der Waals surface area contributed by atoms with Gasteiger partial charge in [0, 0.05) is 12.8 Å². The summed E-state index contributed by atoms with van der Waals surface area (Å²) in [5.74, 6) is -2.62. The Morgan fingerprint density at radius 2 is 1.23 bits per heavy atom. The van der Waals surface area contributed by atoms with Gasteiger partial charge in [0.2, 0.25) is 0 Å². The van der Waals surface area contributed by atoms with Crippen molar-refractivity contribution in [1.82, 2.24) is 0 Å². The number of hydrogen-bond donors (Lipinski definition) is 5. The van der Waals surface area contributed by atoms with Crippen LogP contribution in [0.3, 0.4) is 0 Å². The molecule has 13 nitrogen and oxygen atoms in total. The number of ether oxygens (including phenoxy) is 2. The maximum Gasteiger partial charge on any atom is 0.472 e. The minimum atomic E-state index is -4.77. The van der Waals surface area contributed by atoms with E-state index in [2.05, 4.69) is 35.8 Å². The fraction of sp³-hybridized carbons (Fsp3) is 0.587. The number of rotatable bonds is 38. The van der Waals surface area contributed by atoms with Crippen molar-refractivity contribution < 1.29 is 57.7 Å². The van der Waals surface area contributed by atoms with Gasteiger partial charge >= 0.3 is 25.7 Å². The van der Waals surface area contributed by atoms with Crippen LogP contribution < -0.4 is 5.73 Å².